The van der Waals surface area contributed by atoms with Gasteiger partial charge in [0.2, 0.25) is 0 Å². The van der Waals surface area contributed by atoms with Gasteiger partial charge in [-0.3, -0.25) is 14.9 Å². The van der Waals surface area contributed by atoms with E-state index in [1.54, 1.807) is 0 Å². The van der Waals surface area contributed by atoms with Gasteiger partial charge in [-0.2, -0.15) is 0 Å². The van der Waals surface area contributed by atoms with Crippen LogP contribution in [0.25, 0.3) is 0 Å². The number of imide groups is 1. The van der Waals surface area contributed by atoms with E-state index in [-0.39, 0.29) is 0 Å². The second kappa shape index (κ2) is 3.14. The van der Waals surface area contributed by atoms with Crippen molar-refractivity contribution in [3.05, 3.63) is 0 Å². The Morgan fingerprint density at radius 2 is 1.60 bits per heavy atom. The maximum absolute atomic E-state index is 8.91. The number of amides is 2. The fourth-order valence-electron chi connectivity index (χ4n) is 0.0208. The van der Waals surface area contributed by atoms with Crippen molar-refractivity contribution in [1.29, 1.82) is 0 Å². The lowest BCUT2D eigenvalue weighted by Crippen LogP contribution is -2.04. The van der Waals surface area contributed by atoms with Gasteiger partial charge >= 0.3 is 12.8 Å². The number of nitrogens with one attached hydrogen (secondary N) is 1. The van der Waals surface area contributed by atoms with E-state index in [0.29, 0.717) is 0 Å². The van der Waals surface area contributed by atoms with Crippen LogP contribution in [-0.4, -0.2) is 12.8 Å². The molecule has 0 fully saturated rings. The molecule has 0 aromatic rings. The molecule has 0 aromatic heterocycles. The van der Waals surface area contributed by atoms with Crippen LogP contribution >= 0.6 is 0 Å². The molecule has 3 heteroatoms. The van der Waals surface area contributed by atoms with Gasteiger partial charge < -0.3 is 0 Å². The van der Waals surface area contributed by atoms with Crippen LogP contribution in [0.5, 0.6) is 0 Å². The van der Waals surface area contributed by atoms with E-state index >= 15 is 0 Å². The molecule has 0 unspecified atom stereocenters. The number of carbonyl (C=O) groups excluding carboxylic acids is 2. The molecule has 0 saturated heterocycles. The predicted molar refractivity (Wildman–Crippen MR) is 14.5 cm³/mol. The highest BCUT2D eigenvalue weighted by molar-refractivity contribution is 5.68. The molecule has 1 N–H and O–H groups in total. The van der Waals surface area contributed by atoms with E-state index in [4.69, 9.17) is 9.59 Å². The molecular weight excluding hydrogens is 70.0 g/mol. The molecule has 0 spiro atoms. The summed E-state index contributed by atoms with van der Waals surface area (Å²) in [5.74, 6) is 0. The highest BCUT2D eigenvalue weighted by Crippen LogP contribution is 1.17. The van der Waals surface area contributed by atoms with Crippen LogP contribution in [0.1, 0.15) is 0 Å². The molecule has 0 saturated carbocycles. The predicted octanol–water partition coefficient (Wildman–Crippen LogP) is -1.29. The zero-order chi connectivity index (χ0) is 4.12. The molecule has 0 aromatic carbocycles. The van der Waals surface area contributed by atoms with Crippen LogP contribution in [0.4, 0.5) is 0 Å². The van der Waals surface area contributed by atoms with Gasteiger partial charge in [-0.05, 0) is 0 Å². The summed E-state index contributed by atoms with van der Waals surface area (Å²) in [5, 5.41) is 1.50. The van der Waals surface area contributed by atoms with E-state index in [2.05, 4.69) is 0 Å². The quantitative estimate of drug-likeness (QED) is 0.412. The monoisotopic (exact) mass is 71.0 g/mol. The van der Waals surface area contributed by atoms with Crippen LogP contribution in [0.15, 0.2) is 0 Å². The van der Waals surface area contributed by atoms with Crippen molar-refractivity contribution in [3.8, 4) is 0 Å². The van der Waals surface area contributed by atoms with Crippen LogP contribution < -0.4 is 5.32 Å². The number of hydrogen-bond donors (Lipinski definition) is 1. The lowest BCUT2D eigenvalue weighted by atomic mass is 11.2. The molecule has 3 nitrogen and oxygen atoms in total. The first-order valence-electron chi connectivity index (χ1n) is 0.908. The van der Waals surface area contributed by atoms with Crippen LogP contribution in [0.3, 0.4) is 0 Å². The van der Waals surface area contributed by atoms with Gasteiger partial charge in [-0.1, -0.05) is 0 Å². The van der Waals surface area contributed by atoms with Gasteiger partial charge in [0, 0.05) is 0 Å². The van der Waals surface area contributed by atoms with Crippen LogP contribution in [0, 0.1) is 0 Å². The number of rotatable bonds is 2. The zero-order valence-electron chi connectivity index (χ0n) is 2.32. The van der Waals surface area contributed by atoms with Crippen LogP contribution in [0.2, 0.25) is 0 Å². The Balaban J connectivity index is 2.65. The van der Waals surface area contributed by atoms with E-state index < -0.39 is 0 Å². The zero-order valence-corrected chi connectivity index (χ0v) is 2.32. The summed E-state index contributed by atoms with van der Waals surface area (Å²) in [6.45, 7) is 0. The van der Waals surface area contributed by atoms with E-state index in [1.807, 2.05) is 0 Å². The topological polar surface area (TPSA) is 46.2 Å². The van der Waals surface area contributed by atoms with Gasteiger partial charge in [0.25, 0.3) is 0 Å². The van der Waals surface area contributed by atoms with Gasteiger partial charge in [-0.15, -0.1) is 0 Å². The Labute approximate surface area is 29.0 Å². The average molecular weight is 71.0 g/mol. The summed E-state index contributed by atoms with van der Waals surface area (Å²) in [4.78, 5) is 17.8. The molecule has 0 heterocycles. The summed E-state index contributed by atoms with van der Waals surface area (Å²) >= 11 is 0. The van der Waals surface area contributed by atoms with Crippen molar-refractivity contribution < 1.29 is 9.59 Å². The van der Waals surface area contributed by atoms with E-state index in [1.165, 1.54) is 5.32 Å². The minimum absolute atomic E-state index is 1.09. The lowest BCUT2D eigenvalue weighted by Gasteiger charge is -1.59. The third kappa shape index (κ3) is 3.14. The molecule has 26 valence electrons. The first-order valence-corrected chi connectivity index (χ1v) is 0.908. The maximum atomic E-state index is 8.91. The fraction of sp³-hybridized carbons (Fsp3) is 0. The van der Waals surface area contributed by atoms with Crippen molar-refractivity contribution in [2.24, 2.45) is 0 Å². The molecule has 0 aliphatic carbocycles. The molecular formula is C2HNO2. The van der Waals surface area contributed by atoms with Crippen LogP contribution in [-0.2, 0) is 9.59 Å². The van der Waals surface area contributed by atoms with E-state index in [0.717, 1.165) is 12.8 Å². The highest BCUT2D eigenvalue weighted by Gasteiger charge is 1.63. The van der Waals surface area contributed by atoms with Crippen molar-refractivity contribution in [2.75, 3.05) is 0 Å². The first kappa shape index (κ1) is 4.14. The SMILES string of the molecule is O=[C]N[C]=O. The molecule has 2 amide bonds. The fourth-order valence-corrected chi connectivity index (χ4v) is 0.0208. The summed E-state index contributed by atoms with van der Waals surface area (Å²) in [6, 6.07) is 0. The highest BCUT2D eigenvalue weighted by atomic mass is 16.2. The van der Waals surface area contributed by atoms with Crippen molar-refractivity contribution in [3.63, 3.8) is 0 Å². The minimum Gasteiger partial charge on any atom is -0.280 e. The molecule has 0 aliphatic rings. The normalized spacial score (nSPS) is 5.60. The molecule has 0 bridgehead atoms. The molecule has 0 rings (SSSR count). The Bertz CT molecular complexity index is 36.9. The summed E-state index contributed by atoms with van der Waals surface area (Å²) in [7, 11) is 0. The third-order valence-corrected chi connectivity index (χ3v) is 0.102. The third-order valence-electron chi connectivity index (χ3n) is 0.102. The largest absolute Gasteiger partial charge is 0.316 e. The molecule has 0 atom stereocenters. The van der Waals surface area contributed by atoms with Crippen molar-refractivity contribution in [1.82, 2.24) is 5.32 Å². The smallest absolute Gasteiger partial charge is 0.280 e. The minimum atomic E-state index is 1.09. The Kier molecular flexibility index (Phi) is 2.60. The number of hydrogen-bond acceptors (Lipinski definition) is 2. The van der Waals surface area contributed by atoms with Gasteiger partial charge in [0.05, 0.1) is 0 Å². The standard InChI is InChI=1S/C2HNO2/c4-1-3-2-5/h(H,3,4,5). The second-order valence-electron chi connectivity index (χ2n) is 0.329. The van der Waals surface area contributed by atoms with E-state index in [9.17, 15) is 0 Å². The maximum Gasteiger partial charge on any atom is 0.316 e. The summed E-state index contributed by atoms with van der Waals surface area (Å²) < 4.78 is 0. The first-order chi connectivity index (χ1) is 2.41. The second-order valence-corrected chi connectivity index (χ2v) is 0.329. The average Bonchev–Trinajstić information content (AvgIpc) is 1.41. The molecule has 0 aliphatic heterocycles. The van der Waals surface area contributed by atoms with Gasteiger partial charge in [0.15, 0.2) is 0 Å². The summed E-state index contributed by atoms with van der Waals surface area (Å²) in [5.41, 5.74) is 0. The van der Waals surface area contributed by atoms with Crippen molar-refractivity contribution >= 4 is 12.8 Å². The Hall–Kier alpha value is -0.860. The van der Waals surface area contributed by atoms with Gasteiger partial charge in [0.1, 0.15) is 0 Å². The molecule has 2 radical (unpaired) electrons. The lowest BCUT2D eigenvalue weighted by molar-refractivity contribution is 0.534. The molecule has 5 heavy (non-hydrogen) atoms. The van der Waals surface area contributed by atoms with Crippen molar-refractivity contribution in [2.45, 2.75) is 0 Å². The summed E-state index contributed by atoms with van der Waals surface area (Å²) in [6.07, 6.45) is 2.19. The Morgan fingerprint density at radius 3 is 1.60 bits per heavy atom. The Morgan fingerprint density at radius 1 is 1.20 bits per heavy atom. The van der Waals surface area contributed by atoms with Gasteiger partial charge in [-0.25, -0.2) is 0 Å².